The van der Waals surface area contributed by atoms with Crippen LogP contribution in [-0.2, 0) is 35.0 Å². The van der Waals surface area contributed by atoms with Crippen LogP contribution in [0.5, 0.6) is 0 Å². The largest absolute Gasteiger partial charge is 0.394 e. The fourth-order valence-corrected chi connectivity index (χ4v) is 4.93. The number of rotatable bonds is 10. The van der Waals surface area contributed by atoms with Crippen LogP contribution in [0.1, 0.15) is 5.56 Å². The molecule has 0 amide bonds. The average Bonchev–Trinajstić information content (AvgIpc) is 2.98. The molecule has 234 valence electrons. The van der Waals surface area contributed by atoms with E-state index in [1.165, 1.54) is 0 Å². The molecule has 1 aromatic rings. The molecule has 0 bridgehead atoms. The Bertz CT molecular complexity index is 922. The van der Waals surface area contributed by atoms with Crippen molar-refractivity contribution in [2.24, 2.45) is 0 Å². The van der Waals surface area contributed by atoms with Crippen molar-refractivity contribution >= 4 is 0 Å². The summed E-state index contributed by atoms with van der Waals surface area (Å²) in [7, 11) is 0. The number of ether oxygens (including phenoxy) is 6. The molecule has 3 aliphatic heterocycles. The molecule has 3 saturated heterocycles. The van der Waals surface area contributed by atoms with E-state index in [2.05, 4.69) is 0 Å². The van der Waals surface area contributed by atoms with Gasteiger partial charge in [0.05, 0.1) is 26.4 Å². The van der Waals surface area contributed by atoms with E-state index in [1.54, 1.807) is 24.3 Å². The van der Waals surface area contributed by atoms with E-state index in [1.807, 2.05) is 6.07 Å². The van der Waals surface area contributed by atoms with E-state index in [-0.39, 0.29) is 6.61 Å². The van der Waals surface area contributed by atoms with E-state index in [0.29, 0.717) is 0 Å². The first-order valence-electron chi connectivity index (χ1n) is 13.1. The van der Waals surface area contributed by atoms with Crippen molar-refractivity contribution in [2.45, 2.75) is 98.7 Å². The lowest BCUT2D eigenvalue weighted by Crippen LogP contribution is -2.66. The smallest absolute Gasteiger partial charge is 0.187 e. The molecule has 1 aromatic carbocycles. The topological polar surface area (TPSA) is 258 Å². The molecular formula is C25H38O16. The second-order valence-corrected chi connectivity index (χ2v) is 10.1. The lowest BCUT2D eigenvalue weighted by molar-refractivity contribution is -0.381. The number of benzene rings is 1. The van der Waals surface area contributed by atoms with Gasteiger partial charge in [0.2, 0.25) is 0 Å². The van der Waals surface area contributed by atoms with Crippen molar-refractivity contribution < 1.29 is 79.5 Å². The number of hydrogen-bond donors (Lipinski definition) is 10. The van der Waals surface area contributed by atoms with Crippen LogP contribution in [0.4, 0.5) is 0 Å². The quantitative estimate of drug-likeness (QED) is 0.121. The summed E-state index contributed by atoms with van der Waals surface area (Å²) in [5.41, 5.74) is 0.759. The highest BCUT2D eigenvalue weighted by Crippen LogP contribution is 2.32. The Balaban J connectivity index is 1.45. The van der Waals surface area contributed by atoms with Crippen LogP contribution in [0.15, 0.2) is 30.3 Å². The lowest BCUT2D eigenvalue weighted by Gasteiger charge is -2.48. The Morgan fingerprint density at radius 2 is 1.02 bits per heavy atom. The van der Waals surface area contributed by atoms with Gasteiger partial charge in [-0.2, -0.15) is 0 Å². The number of aliphatic hydroxyl groups excluding tert-OH is 10. The van der Waals surface area contributed by atoms with Crippen LogP contribution in [0.2, 0.25) is 0 Å². The van der Waals surface area contributed by atoms with Gasteiger partial charge in [0, 0.05) is 0 Å². The van der Waals surface area contributed by atoms with Crippen LogP contribution in [-0.4, -0.2) is 163 Å². The molecule has 15 atom stereocenters. The summed E-state index contributed by atoms with van der Waals surface area (Å²) in [6.45, 7) is -2.24. The summed E-state index contributed by atoms with van der Waals surface area (Å²) in [5.74, 6) is 0. The van der Waals surface area contributed by atoms with Gasteiger partial charge in [-0.25, -0.2) is 0 Å². The SMILES string of the molecule is OCC1O[C@@H](OCc2ccccc2)C(O)[C@@H](O)[C@@H]1O[C@@H]1OC(CO)[C@H](O)[C@H](O[C@H]2OC(CO)[C@H](O)[C@H](O)C2O)C1O. The Kier molecular flexibility index (Phi) is 11.4. The Hall–Kier alpha value is -1.42. The van der Waals surface area contributed by atoms with Gasteiger partial charge in [-0.15, -0.1) is 0 Å². The molecule has 6 unspecified atom stereocenters. The van der Waals surface area contributed by atoms with Crippen molar-refractivity contribution in [3.05, 3.63) is 35.9 Å². The molecule has 16 nitrogen and oxygen atoms in total. The van der Waals surface area contributed by atoms with E-state index in [0.717, 1.165) is 5.56 Å². The fraction of sp³-hybridized carbons (Fsp3) is 0.760. The Morgan fingerprint density at radius 1 is 0.512 bits per heavy atom. The number of hydrogen-bond acceptors (Lipinski definition) is 16. The van der Waals surface area contributed by atoms with Crippen molar-refractivity contribution in [2.75, 3.05) is 19.8 Å². The van der Waals surface area contributed by atoms with Gasteiger partial charge in [0.15, 0.2) is 18.9 Å². The normalized spacial score (nSPS) is 45.5. The summed E-state index contributed by atoms with van der Waals surface area (Å²) >= 11 is 0. The highest BCUT2D eigenvalue weighted by molar-refractivity contribution is 5.13. The van der Waals surface area contributed by atoms with Gasteiger partial charge < -0.3 is 79.5 Å². The molecule has 3 fully saturated rings. The fourth-order valence-electron chi connectivity index (χ4n) is 4.93. The van der Waals surface area contributed by atoms with Crippen molar-refractivity contribution in [3.8, 4) is 0 Å². The molecular weight excluding hydrogens is 556 g/mol. The third kappa shape index (κ3) is 7.05. The molecule has 3 aliphatic rings. The predicted molar refractivity (Wildman–Crippen MR) is 130 cm³/mol. The third-order valence-electron chi connectivity index (χ3n) is 7.33. The molecule has 3 heterocycles. The van der Waals surface area contributed by atoms with Crippen molar-refractivity contribution in [3.63, 3.8) is 0 Å². The first-order valence-corrected chi connectivity index (χ1v) is 13.1. The van der Waals surface area contributed by atoms with Crippen LogP contribution in [0, 0.1) is 0 Å². The van der Waals surface area contributed by atoms with Crippen molar-refractivity contribution in [1.29, 1.82) is 0 Å². The van der Waals surface area contributed by atoms with Gasteiger partial charge in [-0.05, 0) is 5.56 Å². The summed E-state index contributed by atoms with van der Waals surface area (Å²) in [6.07, 6.45) is -24.5. The van der Waals surface area contributed by atoms with E-state index < -0.39 is 112 Å². The summed E-state index contributed by atoms with van der Waals surface area (Å²) in [4.78, 5) is 0. The standard InChI is InChI=1S/C25H38O16/c26-6-11-14(29)16(31)18(33)24(37-11)41-22-15(30)12(7-27)38-25(20(22)35)40-21-13(8-28)39-23(19(34)17(21)32)36-9-10-4-2-1-3-5-10/h1-5,11-35H,6-9H2/t11?,12?,13?,14-,15-,16-,17+,18?,19?,20?,21+,22-,23+,24+,25-/m0/s1. The van der Waals surface area contributed by atoms with Gasteiger partial charge in [-0.1, -0.05) is 30.3 Å². The zero-order valence-corrected chi connectivity index (χ0v) is 21.8. The van der Waals surface area contributed by atoms with Crippen LogP contribution >= 0.6 is 0 Å². The molecule has 4 rings (SSSR count). The zero-order chi connectivity index (χ0) is 29.8. The Morgan fingerprint density at radius 3 is 1.63 bits per heavy atom. The van der Waals surface area contributed by atoms with E-state index in [9.17, 15) is 51.1 Å². The van der Waals surface area contributed by atoms with Gasteiger partial charge >= 0.3 is 0 Å². The van der Waals surface area contributed by atoms with Gasteiger partial charge in [0.1, 0.15) is 73.2 Å². The minimum atomic E-state index is -1.89. The van der Waals surface area contributed by atoms with Gasteiger partial charge in [-0.3, -0.25) is 0 Å². The first-order chi connectivity index (χ1) is 19.6. The van der Waals surface area contributed by atoms with Crippen LogP contribution < -0.4 is 0 Å². The minimum Gasteiger partial charge on any atom is -0.394 e. The lowest BCUT2D eigenvalue weighted by atomic mass is 9.96. The Labute approximate surface area is 234 Å². The second kappa shape index (κ2) is 14.4. The molecule has 0 spiro atoms. The highest BCUT2D eigenvalue weighted by atomic mass is 16.8. The molecule has 0 radical (unpaired) electrons. The number of aliphatic hydroxyl groups is 10. The molecule has 41 heavy (non-hydrogen) atoms. The van der Waals surface area contributed by atoms with Crippen LogP contribution in [0.3, 0.4) is 0 Å². The summed E-state index contributed by atoms with van der Waals surface area (Å²) in [6, 6.07) is 8.93. The second-order valence-electron chi connectivity index (χ2n) is 10.1. The maximum Gasteiger partial charge on any atom is 0.187 e. The molecule has 16 heteroatoms. The van der Waals surface area contributed by atoms with E-state index >= 15 is 0 Å². The van der Waals surface area contributed by atoms with Crippen molar-refractivity contribution in [1.82, 2.24) is 0 Å². The summed E-state index contributed by atoms with van der Waals surface area (Å²) < 4.78 is 33.1. The molecule has 0 aliphatic carbocycles. The molecule has 0 saturated carbocycles. The van der Waals surface area contributed by atoms with E-state index in [4.69, 9.17) is 28.4 Å². The zero-order valence-electron chi connectivity index (χ0n) is 21.8. The monoisotopic (exact) mass is 594 g/mol. The highest BCUT2D eigenvalue weighted by Gasteiger charge is 2.53. The maximum atomic E-state index is 11.0. The summed E-state index contributed by atoms with van der Waals surface area (Å²) in [5, 5.41) is 103. The van der Waals surface area contributed by atoms with Gasteiger partial charge in [0.25, 0.3) is 0 Å². The predicted octanol–water partition coefficient (Wildman–Crippen LogP) is -5.35. The molecule has 10 N–H and O–H groups in total. The minimum absolute atomic E-state index is 0.0243. The first kappa shape index (κ1) is 32.5. The third-order valence-corrected chi connectivity index (χ3v) is 7.33. The maximum absolute atomic E-state index is 11.0. The van der Waals surface area contributed by atoms with Crippen LogP contribution in [0.25, 0.3) is 0 Å². The molecule has 0 aromatic heterocycles. The average molecular weight is 595 g/mol.